The minimum absolute atomic E-state index is 0. The SMILES string of the molecule is C.C.C.C.C.C.C.C.C1CCC1.C1CCC1.C1CCC1.C1CCC1.C1CCC1.C1CCC1.C1CCC1.C1CCC1.C1CCC1.C1CCC1.CCCCC.CCCCC. The molecule has 58 heavy (non-hydrogen) atoms. The van der Waals surface area contributed by atoms with Gasteiger partial charge < -0.3 is 0 Å². The van der Waals surface area contributed by atoms with E-state index in [2.05, 4.69) is 27.7 Å². The summed E-state index contributed by atoms with van der Waals surface area (Å²) in [5.41, 5.74) is 0. The fourth-order valence-electron chi connectivity index (χ4n) is 3.21. The maximum atomic E-state index is 2.21. The summed E-state index contributed by atoms with van der Waals surface area (Å²) in [4.78, 5) is 0. The van der Waals surface area contributed by atoms with Crippen LogP contribution in [0, 0.1) is 0 Å². The van der Waals surface area contributed by atoms with Crippen LogP contribution >= 0.6 is 0 Å². The lowest BCUT2D eigenvalue weighted by atomic mass is 10.0. The van der Waals surface area contributed by atoms with Crippen molar-refractivity contribution in [1.82, 2.24) is 0 Å². The molecule has 0 radical (unpaired) electrons. The number of hydrogen-bond donors (Lipinski definition) is 0. The Labute approximate surface area is 381 Å². The molecule has 0 heteroatoms. The molecule has 0 bridgehead atoms. The van der Waals surface area contributed by atoms with Gasteiger partial charge in [-0.1, -0.05) is 382 Å². The van der Waals surface area contributed by atoms with Crippen molar-refractivity contribution in [3.63, 3.8) is 0 Å². The molecule has 10 rings (SSSR count). The van der Waals surface area contributed by atoms with E-state index < -0.39 is 0 Å². The molecule has 0 atom stereocenters. The van der Waals surface area contributed by atoms with Crippen LogP contribution in [0.4, 0.5) is 0 Å². The lowest BCUT2D eigenvalue weighted by molar-refractivity contribution is 0.504. The molecule has 0 nitrogen and oxygen atoms in total. The van der Waals surface area contributed by atoms with E-state index in [9.17, 15) is 0 Å². The monoisotopic (exact) mass is 833 g/mol. The fourth-order valence-corrected chi connectivity index (χ4v) is 3.21. The minimum Gasteiger partial charge on any atom is -0.0776 e. The largest absolute Gasteiger partial charge is 0.0776 e. The normalized spacial score (nSPS) is 18.0. The molecule has 0 N–H and O–H groups in total. The van der Waals surface area contributed by atoms with Gasteiger partial charge in [-0.3, -0.25) is 0 Å². The summed E-state index contributed by atoms with van der Waals surface area (Å²) in [6.45, 7) is 8.85. The van der Waals surface area contributed by atoms with Crippen LogP contribution in [0.25, 0.3) is 0 Å². The highest BCUT2D eigenvalue weighted by atomic mass is 14.0. The molecule has 0 aromatic rings. The summed E-state index contributed by atoms with van der Waals surface area (Å²) < 4.78 is 0. The van der Waals surface area contributed by atoms with Gasteiger partial charge in [0.2, 0.25) is 0 Å². The molecule has 0 aliphatic heterocycles. The Hall–Kier alpha value is 0. The first-order valence-corrected chi connectivity index (χ1v) is 24.8. The van der Waals surface area contributed by atoms with Gasteiger partial charge in [0.05, 0.1) is 0 Å². The Balaban J connectivity index is -0.0000000535. The molecule has 0 amide bonds. The van der Waals surface area contributed by atoms with Crippen molar-refractivity contribution in [2.75, 3.05) is 0 Å². The van der Waals surface area contributed by atoms with Crippen molar-refractivity contribution in [2.45, 2.75) is 382 Å². The summed E-state index contributed by atoms with van der Waals surface area (Å²) in [6, 6.07) is 0. The predicted octanol–water partition coefficient (Wildman–Crippen LogP) is 25.1. The van der Waals surface area contributed by atoms with Gasteiger partial charge in [-0.15, -0.1) is 0 Å². The van der Waals surface area contributed by atoms with E-state index in [1.807, 2.05) is 0 Å². The van der Waals surface area contributed by atoms with E-state index in [0.717, 1.165) is 0 Å². The Kier molecular flexibility index (Phi) is 119. The highest BCUT2D eigenvalue weighted by molar-refractivity contribution is 4.54. The van der Waals surface area contributed by atoms with Gasteiger partial charge in [0.15, 0.2) is 0 Å². The lowest BCUT2D eigenvalue weighted by Crippen LogP contribution is -1.85. The number of unbranched alkanes of at least 4 members (excludes halogenated alkanes) is 4. The van der Waals surface area contributed by atoms with E-state index in [1.165, 1.54) is 295 Å². The molecule has 10 aliphatic carbocycles. The number of hydrogen-bond acceptors (Lipinski definition) is 0. The van der Waals surface area contributed by atoms with Crippen LogP contribution in [-0.2, 0) is 0 Å². The first-order chi connectivity index (χ1) is 24.8. The van der Waals surface area contributed by atoms with E-state index in [0.29, 0.717) is 0 Å². The third-order valence-corrected chi connectivity index (χ3v) is 11.4. The molecule has 0 aromatic heterocycles. The summed E-state index contributed by atoms with van der Waals surface area (Å²) in [6.07, 6.45) is 68.2. The fraction of sp³-hybridized carbons (Fsp3) is 1.00. The zero-order chi connectivity index (χ0) is 36.5. The predicted molar refractivity (Wildman–Crippen MR) is 289 cm³/mol. The van der Waals surface area contributed by atoms with E-state index >= 15 is 0 Å². The maximum absolute atomic E-state index is 2.21. The number of rotatable bonds is 4. The topological polar surface area (TPSA) is 0 Å². The molecule has 10 fully saturated rings. The molecule has 10 saturated carbocycles. The molecular formula is C58H136. The zero-order valence-corrected chi connectivity index (χ0v) is 36.5. The van der Waals surface area contributed by atoms with Crippen LogP contribution in [0.2, 0.25) is 0 Å². The molecule has 0 aromatic carbocycles. The van der Waals surface area contributed by atoms with E-state index in [1.54, 1.807) is 0 Å². The summed E-state index contributed by atoms with van der Waals surface area (Å²) in [5.74, 6) is 0. The van der Waals surface area contributed by atoms with Crippen LogP contribution in [0.5, 0.6) is 0 Å². The van der Waals surface area contributed by atoms with Gasteiger partial charge in [0.25, 0.3) is 0 Å². The summed E-state index contributed by atoms with van der Waals surface area (Å²) >= 11 is 0. The van der Waals surface area contributed by atoms with Crippen molar-refractivity contribution >= 4 is 0 Å². The van der Waals surface area contributed by atoms with Gasteiger partial charge in [-0.05, 0) is 0 Å². The maximum Gasteiger partial charge on any atom is -0.0533 e. The third kappa shape index (κ3) is 87.5. The molecule has 0 unspecified atom stereocenters. The first-order valence-electron chi connectivity index (χ1n) is 24.8. The van der Waals surface area contributed by atoms with E-state index in [-0.39, 0.29) is 59.4 Å². The molecular weight excluding hydrogens is 697 g/mol. The summed E-state index contributed by atoms with van der Waals surface area (Å²) in [7, 11) is 0. The van der Waals surface area contributed by atoms with E-state index in [4.69, 9.17) is 0 Å². The first kappa shape index (κ1) is 81.8. The van der Waals surface area contributed by atoms with Gasteiger partial charge in [0, 0.05) is 0 Å². The Morgan fingerprint density at radius 1 is 0.138 bits per heavy atom. The molecule has 0 spiro atoms. The van der Waals surface area contributed by atoms with Gasteiger partial charge >= 0.3 is 0 Å². The average Bonchev–Trinajstić information content (AvgIpc) is 2.69. The minimum atomic E-state index is 0. The van der Waals surface area contributed by atoms with Crippen LogP contribution < -0.4 is 0 Å². The van der Waals surface area contributed by atoms with Crippen molar-refractivity contribution in [3.8, 4) is 0 Å². The van der Waals surface area contributed by atoms with Crippen molar-refractivity contribution in [2.24, 2.45) is 0 Å². The standard InChI is InChI=1S/2C5H12.10C4H8.8CH4/c2*1-3-5-4-2;10*1-2-4-3-1;;;;;;;;/h2*3-5H2,1-2H3;10*1-4H2;8*1H4. The lowest BCUT2D eigenvalue weighted by Gasteiger charge is -2.05. The quantitative estimate of drug-likeness (QED) is 0.265. The van der Waals surface area contributed by atoms with Gasteiger partial charge in [-0.25, -0.2) is 0 Å². The zero-order valence-electron chi connectivity index (χ0n) is 36.5. The molecule has 10 aliphatic rings. The van der Waals surface area contributed by atoms with Crippen LogP contribution in [0.3, 0.4) is 0 Å². The van der Waals surface area contributed by atoms with Crippen molar-refractivity contribution in [1.29, 1.82) is 0 Å². The Morgan fingerprint density at radius 2 is 0.190 bits per heavy atom. The highest BCUT2D eigenvalue weighted by Crippen LogP contribution is 2.18. The highest BCUT2D eigenvalue weighted by Gasteiger charge is 1.99. The van der Waals surface area contributed by atoms with Crippen LogP contribution in [0.1, 0.15) is 382 Å². The smallest absolute Gasteiger partial charge is 0.0533 e. The molecule has 368 valence electrons. The third-order valence-electron chi connectivity index (χ3n) is 11.4. The van der Waals surface area contributed by atoms with Gasteiger partial charge in [-0.2, -0.15) is 0 Å². The summed E-state index contributed by atoms with van der Waals surface area (Å²) in [5, 5.41) is 0. The van der Waals surface area contributed by atoms with Crippen LogP contribution in [0.15, 0.2) is 0 Å². The van der Waals surface area contributed by atoms with Gasteiger partial charge in [0.1, 0.15) is 0 Å². The van der Waals surface area contributed by atoms with Crippen LogP contribution in [-0.4, -0.2) is 0 Å². The second-order valence-corrected chi connectivity index (χ2v) is 16.8. The molecule has 0 saturated heterocycles. The Bertz CT molecular complexity index is 285. The second-order valence-electron chi connectivity index (χ2n) is 16.8. The van der Waals surface area contributed by atoms with Crippen molar-refractivity contribution < 1.29 is 0 Å². The Morgan fingerprint density at radius 3 is 0.190 bits per heavy atom. The molecule has 0 heterocycles. The average molecular weight is 834 g/mol. The van der Waals surface area contributed by atoms with Crippen molar-refractivity contribution in [3.05, 3.63) is 0 Å². The second kappa shape index (κ2) is 84.5.